The molecule has 0 radical (unpaired) electrons. The zero-order valence-corrected chi connectivity index (χ0v) is 16.3. The lowest BCUT2D eigenvalue weighted by Crippen LogP contribution is -2.07. The zero-order valence-electron chi connectivity index (χ0n) is 16.3. The minimum Gasteiger partial charge on any atom is -0.298 e. The van der Waals surface area contributed by atoms with Crippen LogP contribution in [0.3, 0.4) is 0 Å². The first-order chi connectivity index (χ1) is 11.7. The van der Waals surface area contributed by atoms with E-state index in [-0.39, 0.29) is 0 Å². The molecular formula is C22H34N2. The van der Waals surface area contributed by atoms with Crippen molar-refractivity contribution >= 4 is 0 Å². The second-order valence-electron chi connectivity index (χ2n) is 5.88. The van der Waals surface area contributed by atoms with Gasteiger partial charge in [0.15, 0.2) is 0 Å². The number of hydrogen-bond acceptors (Lipinski definition) is 2. The molecule has 24 heavy (non-hydrogen) atoms. The molecule has 2 heterocycles. The molecule has 132 valence electrons. The molecule has 0 aromatic heterocycles. The van der Waals surface area contributed by atoms with Crippen LogP contribution in [-0.2, 0) is 26.2 Å². The van der Waals surface area contributed by atoms with Gasteiger partial charge in [-0.15, -0.1) is 0 Å². The van der Waals surface area contributed by atoms with E-state index in [1.165, 1.54) is 22.3 Å². The summed E-state index contributed by atoms with van der Waals surface area (Å²) in [5.74, 6) is 0. The summed E-state index contributed by atoms with van der Waals surface area (Å²) in [6.45, 7) is 12.5. The predicted molar refractivity (Wildman–Crippen MR) is 106 cm³/mol. The van der Waals surface area contributed by atoms with E-state index in [4.69, 9.17) is 0 Å². The van der Waals surface area contributed by atoms with E-state index in [0.29, 0.717) is 0 Å². The molecule has 2 aromatic carbocycles. The Balaban J connectivity index is 0.000000199. The Kier molecular flexibility index (Phi) is 9.36. The summed E-state index contributed by atoms with van der Waals surface area (Å²) in [5.41, 5.74) is 5.96. The minimum atomic E-state index is 1.12. The largest absolute Gasteiger partial charge is 0.298 e. The van der Waals surface area contributed by atoms with Gasteiger partial charge in [-0.05, 0) is 36.3 Å². The molecule has 2 aliphatic heterocycles. The fourth-order valence-corrected chi connectivity index (χ4v) is 3.01. The average molecular weight is 327 g/mol. The molecule has 0 atom stereocenters. The maximum Gasteiger partial charge on any atom is 0.0237 e. The van der Waals surface area contributed by atoms with Crippen LogP contribution in [0.2, 0.25) is 0 Å². The molecule has 2 heteroatoms. The summed E-state index contributed by atoms with van der Waals surface area (Å²) in [5, 5.41) is 0. The number of rotatable bonds is 0. The van der Waals surface area contributed by atoms with Crippen molar-refractivity contribution in [1.29, 1.82) is 0 Å². The first-order valence-electron chi connectivity index (χ1n) is 9.23. The van der Waals surface area contributed by atoms with Gasteiger partial charge in [0, 0.05) is 26.2 Å². The van der Waals surface area contributed by atoms with Gasteiger partial charge in [0.25, 0.3) is 0 Å². The van der Waals surface area contributed by atoms with Crippen LogP contribution >= 0.6 is 0 Å². The Hall–Kier alpha value is -1.64. The predicted octanol–water partition coefficient (Wildman–Crippen LogP) is 5.32. The Morgan fingerprint density at radius 3 is 0.917 bits per heavy atom. The summed E-state index contributed by atoms with van der Waals surface area (Å²) in [6.07, 6.45) is 0. The van der Waals surface area contributed by atoms with Crippen molar-refractivity contribution < 1.29 is 0 Å². The van der Waals surface area contributed by atoms with Crippen molar-refractivity contribution in [3.8, 4) is 0 Å². The lowest BCUT2D eigenvalue weighted by molar-refractivity contribution is 0.353. The third-order valence-corrected chi connectivity index (χ3v) is 4.00. The van der Waals surface area contributed by atoms with Crippen LogP contribution in [-0.4, -0.2) is 23.9 Å². The molecule has 0 unspecified atom stereocenters. The summed E-state index contributed by atoms with van der Waals surface area (Å²) < 4.78 is 0. The van der Waals surface area contributed by atoms with Crippen molar-refractivity contribution in [2.45, 2.75) is 53.9 Å². The highest BCUT2D eigenvalue weighted by atomic mass is 15.1. The average Bonchev–Trinajstić information content (AvgIpc) is 3.19. The quantitative estimate of drug-likeness (QED) is 0.647. The highest BCUT2D eigenvalue weighted by molar-refractivity contribution is 5.30. The highest BCUT2D eigenvalue weighted by Gasteiger charge is 2.13. The van der Waals surface area contributed by atoms with Crippen LogP contribution in [0.1, 0.15) is 49.9 Å². The minimum absolute atomic E-state index is 1.12. The molecular weight excluding hydrogens is 292 g/mol. The third kappa shape index (κ3) is 5.77. The van der Waals surface area contributed by atoms with Crippen LogP contribution < -0.4 is 0 Å². The monoisotopic (exact) mass is 326 g/mol. The molecule has 0 aliphatic carbocycles. The SMILES string of the molecule is CC.CC.CN1Cc2ccccc2C1.CN1Cc2ccccc2C1. The highest BCUT2D eigenvalue weighted by Crippen LogP contribution is 2.20. The Morgan fingerprint density at radius 1 is 0.500 bits per heavy atom. The van der Waals surface area contributed by atoms with Gasteiger partial charge in [0.1, 0.15) is 0 Å². The molecule has 0 bridgehead atoms. The topological polar surface area (TPSA) is 6.48 Å². The van der Waals surface area contributed by atoms with Crippen molar-refractivity contribution in [3.63, 3.8) is 0 Å². The fraction of sp³-hybridized carbons (Fsp3) is 0.455. The lowest BCUT2D eigenvalue weighted by atomic mass is 10.1. The van der Waals surface area contributed by atoms with Crippen LogP contribution in [0, 0.1) is 0 Å². The summed E-state index contributed by atoms with van der Waals surface area (Å²) >= 11 is 0. The zero-order chi connectivity index (χ0) is 17.9. The first kappa shape index (κ1) is 20.4. The van der Waals surface area contributed by atoms with E-state index in [2.05, 4.69) is 72.4 Å². The second kappa shape index (κ2) is 11.0. The standard InChI is InChI=1S/2C9H11N.2C2H6/c2*1-10-6-8-4-2-3-5-9(8)7-10;2*1-2/h2*2-5H,6-7H2,1H3;2*1-2H3. The number of nitrogens with zero attached hydrogens (tertiary/aromatic N) is 2. The summed E-state index contributed by atoms with van der Waals surface area (Å²) in [4.78, 5) is 4.65. The summed E-state index contributed by atoms with van der Waals surface area (Å²) in [6, 6.07) is 17.3. The Morgan fingerprint density at radius 2 is 0.708 bits per heavy atom. The second-order valence-corrected chi connectivity index (χ2v) is 5.88. The van der Waals surface area contributed by atoms with Crippen LogP contribution in [0.5, 0.6) is 0 Å². The molecule has 0 fully saturated rings. The first-order valence-corrected chi connectivity index (χ1v) is 9.23. The number of hydrogen-bond donors (Lipinski definition) is 0. The number of fused-ring (bicyclic) bond motifs is 2. The molecule has 4 rings (SSSR count). The summed E-state index contributed by atoms with van der Waals surface area (Å²) in [7, 11) is 4.31. The normalized spacial score (nSPS) is 14.9. The van der Waals surface area contributed by atoms with Crippen LogP contribution in [0.25, 0.3) is 0 Å². The van der Waals surface area contributed by atoms with E-state index < -0.39 is 0 Å². The van der Waals surface area contributed by atoms with E-state index in [1.807, 2.05) is 27.7 Å². The molecule has 2 nitrogen and oxygen atoms in total. The van der Waals surface area contributed by atoms with Gasteiger partial charge in [0.05, 0.1) is 0 Å². The fourth-order valence-electron chi connectivity index (χ4n) is 3.01. The molecule has 0 saturated carbocycles. The van der Waals surface area contributed by atoms with E-state index >= 15 is 0 Å². The lowest BCUT2D eigenvalue weighted by Gasteiger charge is -2.02. The Labute approximate surface area is 149 Å². The van der Waals surface area contributed by atoms with Crippen LogP contribution in [0.15, 0.2) is 48.5 Å². The van der Waals surface area contributed by atoms with Crippen LogP contribution in [0.4, 0.5) is 0 Å². The third-order valence-electron chi connectivity index (χ3n) is 4.00. The maximum absolute atomic E-state index is 2.32. The van der Waals surface area contributed by atoms with Gasteiger partial charge in [0.2, 0.25) is 0 Å². The van der Waals surface area contributed by atoms with Gasteiger partial charge in [-0.1, -0.05) is 76.2 Å². The van der Waals surface area contributed by atoms with Crippen molar-refractivity contribution in [2.24, 2.45) is 0 Å². The van der Waals surface area contributed by atoms with Crippen molar-refractivity contribution in [2.75, 3.05) is 14.1 Å². The van der Waals surface area contributed by atoms with Gasteiger partial charge in [-0.3, -0.25) is 9.80 Å². The smallest absolute Gasteiger partial charge is 0.0237 e. The molecule has 2 aromatic rings. The van der Waals surface area contributed by atoms with Gasteiger partial charge < -0.3 is 0 Å². The molecule has 2 aliphatic rings. The molecule has 0 saturated heterocycles. The van der Waals surface area contributed by atoms with Crippen molar-refractivity contribution in [1.82, 2.24) is 9.80 Å². The Bertz CT molecular complexity index is 489. The molecule has 0 spiro atoms. The molecule has 0 amide bonds. The number of benzene rings is 2. The van der Waals surface area contributed by atoms with Gasteiger partial charge in [-0.25, -0.2) is 0 Å². The molecule has 0 N–H and O–H groups in total. The van der Waals surface area contributed by atoms with Gasteiger partial charge >= 0.3 is 0 Å². The van der Waals surface area contributed by atoms with E-state index in [1.54, 1.807) is 0 Å². The maximum atomic E-state index is 2.32. The van der Waals surface area contributed by atoms with E-state index in [0.717, 1.165) is 26.2 Å². The van der Waals surface area contributed by atoms with Crippen molar-refractivity contribution in [3.05, 3.63) is 70.8 Å². The van der Waals surface area contributed by atoms with Gasteiger partial charge in [-0.2, -0.15) is 0 Å². The van der Waals surface area contributed by atoms with E-state index in [9.17, 15) is 0 Å².